The Morgan fingerprint density at radius 3 is 1.96 bits per heavy atom. The molecule has 10 heteroatoms. The van der Waals surface area contributed by atoms with Crippen molar-refractivity contribution in [2.75, 3.05) is 26.4 Å². The van der Waals surface area contributed by atoms with E-state index in [1.54, 1.807) is 41.5 Å². The zero-order valence-corrected chi connectivity index (χ0v) is 16.6. The monoisotopic (exact) mass is 383 g/mol. The van der Waals surface area contributed by atoms with Crippen LogP contribution in [0.15, 0.2) is 0 Å². The number of hydrogen-bond donors (Lipinski definition) is 2. The summed E-state index contributed by atoms with van der Waals surface area (Å²) in [5.41, 5.74) is 3.65. The average molecular weight is 383 g/mol. The zero-order valence-electron chi connectivity index (χ0n) is 15.7. The van der Waals surface area contributed by atoms with Crippen molar-refractivity contribution < 1.29 is 37.6 Å². The van der Waals surface area contributed by atoms with Gasteiger partial charge in [0.25, 0.3) is 0 Å². The van der Waals surface area contributed by atoms with Crippen LogP contribution in [-0.2, 0) is 32.7 Å². The number of nitrogens with two attached hydrogens (primary N) is 1. The summed E-state index contributed by atoms with van der Waals surface area (Å²) in [6.45, 7) is 9.05. The minimum Gasteiger partial charge on any atom is -0.461 e. The summed E-state index contributed by atoms with van der Waals surface area (Å²) >= 11 is 0. The highest BCUT2D eigenvalue weighted by Crippen LogP contribution is 2.43. The Labute approximate surface area is 148 Å². The van der Waals surface area contributed by atoms with E-state index in [1.807, 2.05) is 0 Å². The lowest BCUT2D eigenvalue weighted by molar-refractivity contribution is -0.171. The maximum Gasteiger partial charge on any atom is 0.472 e. The first kappa shape index (κ1) is 24.0. The number of hydrogen-bond acceptors (Lipinski definition) is 8. The minimum atomic E-state index is -4.34. The highest BCUT2D eigenvalue weighted by Gasteiger charge is 2.31. The Kier molecular flexibility index (Phi) is 9.26. The minimum absolute atomic E-state index is 0.0412. The van der Waals surface area contributed by atoms with Crippen molar-refractivity contribution in [3.63, 3.8) is 0 Å². The summed E-state index contributed by atoms with van der Waals surface area (Å²) in [5, 5.41) is 0. The van der Waals surface area contributed by atoms with Crippen LogP contribution in [0.25, 0.3) is 0 Å². The summed E-state index contributed by atoms with van der Waals surface area (Å²) in [6.07, 6.45) is -1.06. The molecule has 1 unspecified atom stereocenters. The van der Waals surface area contributed by atoms with E-state index < -0.39 is 43.3 Å². The van der Waals surface area contributed by atoms with Gasteiger partial charge in [-0.1, -0.05) is 0 Å². The fourth-order valence-corrected chi connectivity index (χ4v) is 1.98. The van der Waals surface area contributed by atoms with Crippen LogP contribution in [-0.4, -0.2) is 49.3 Å². The summed E-state index contributed by atoms with van der Waals surface area (Å²) in [6, 6.07) is 0. The van der Waals surface area contributed by atoms with Crippen LogP contribution in [0, 0.1) is 10.8 Å². The Morgan fingerprint density at radius 1 is 1.00 bits per heavy atom. The molecule has 0 fully saturated rings. The standard InChI is InChI=1S/C15H30NO8P/c1-14(2,3)12(17)21-9-11(24-13(18)15(4,5)6)10-23-25(19,20)22-8-7-16/h11H,7-10,16H2,1-6H3,(H,19,20)/t11-/m1/s1. The van der Waals surface area contributed by atoms with Gasteiger partial charge in [0.05, 0.1) is 24.0 Å². The first-order chi connectivity index (χ1) is 11.2. The van der Waals surface area contributed by atoms with Gasteiger partial charge in [-0.3, -0.25) is 18.6 Å². The third-order valence-electron chi connectivity index (χ3n) is 2.69. The van der Waals surface area contributed by atoms with Crippen LogP contribution >= 0.6 is 7.82 Å². The van der Waals surface area contributed by atoms with Gasteiger partial charge in [-0.2, -0.15) is 0 Å². The molecule has 0 aromatic heterocycles. The van der Waals surface area contributed by atoms with Crippen LogP contribution < -0.4 is 5.73 Å². The van der Waals surface area contributed by atoms with Crippen molar-refractivity contribution in [3.8, 4) is 0 Å². The molecule has 0 aromatic carbocycles. The van der Waals surface area contributed by atoms with Gasteiger partial charge in [-0.15, -0.1) is 0 Å². The molecule has 0 aliphatic rings. The summed E-state index contributed by atoms with van der Waals surface area (Å²) in [4.78, 5) is 33.4. The second-order valence-electron chi connectivity index (χ2n) is 7.51. The molecule has 0 aliphatic heterocycles. The van der Waals surface area contributed by atoms with E-state index in [-0.39, 0.29) is 19.8 Å². The predicted molar refractivity (Wildman–Crippen MR) is 90.5 cm³/mol. The number of rotatable bonds is 9. The molecular formula is C15H30NO8P. The SMILES string of the molecule is CC(C)(C)C(=O)OC[C@H](COP(=O)(O)OCCN)OC(=O)C(C)(C)C. The maximum absolute atomic E-state index is 12.0. The predicted octanol–water partition coefficient (Wildman–Crippen LogP) is 1.63. The van der Waals surface area contributed by atoms with Crippen LogP contribution in [0.2, 0.25) is 0 Å². The van der Waals surface area contributed by atoms with E-state index in [2.05, 4.69) is 4.52 Å². The molecule has 148 valence electrons. The first-order valence-electron chi connectivity index (χ1n) is 7.89. The van der Waals surface area contributed by atoms with Crippen molar-refractivity contribution >= 4 is 19.8 Å². The van der Waals surface area contributed by atoms with Gasteiger partial charge < -0.3 is 20.1 Å². The fraction of sp³-hybridized carbons (Fsp3) is 0.867. The van der Waals surface area contributed by atoms with Gasteiger partial charge in [0.15, 0.2) is 6.10 Å². The maximum atomic E-state index is 12.0. The number of carbonyl (C=O) groups excluding carboxylic acids is 2. The largest absolute Gasteiger partial charge is 0.472 e. The van der Waals surface area contributed by atoms with Gasteiger partial charge in [0, 0.05) is 6.54 Å². The van der Waals surface area contributed by atoms with Crippen molar-refractivity contribution in [2.24, 2.45) is 16.6 Å². The van der Waals surface area contributed by atoms with Crippen LogP contribution in [0.1, 0.15) is 41.5 Å². The lowest BCUT2D eigenvalue weighted by Crippen LogP contribution is -2.35. The van der Waals surface area contributed by atoms with Crippen LogP contribution in [0.4, 0.5) is 0 Å². The van der Waals surface area contributed by atoms with E-state index in [0.717, 1.165) is 0 Å². The normalized spacial score (nSPS) is 16.0. The molecule has 25 heavy (non-hydrogen) atoms. The van der Waals surface area contributed by atoms with E-state index in [1.165, 1.54) is 0 Å². The van der Waals surface area contributed by atoms with Gasteiger partial charge in [0.2, 0.25) is 0 Å². The molecule has 0 saturated heterocycles. The highest BCUT2D eigenvalue weighted by molar-refractivity contribution is 7.47. The van der Waals surface area contributed by atoms with E-state index in [9.17, 15) is 19.0 Å². The number of phosphoric acid groups is 1. The second-order valence-corrected chi connectivity index (χ2v) is 8.97. The molecule has 0 spiro atoms. The molecule has 0 rings (SSSR count). The number of ether oxygens (including phenoxy) is 2. The van der Waals surface area contributed by atoms with Gasteiger partial charge in [-0.25, -0.2) is 4.57 Å². The molecule has 3 N–H and O–H groups in total. The third kappa shape index (κ3) is 10.6. The molecular weight excluding hydrogens is 353 g/mol. The summed E-state index contributed by atoms with van der Waals surface area (Å²) < 4.78 is 31.4. The van der Waals surface area contributed by atoms with Crippen molar-refractivity contribution in [3.05, 3.63) is 0 Å². The molecule has 0 saturated carbocycles. The number of carbonyl (C=O) groups is 2. The highest BCUT2D eigenvalue weighted by atomic mass is 31.2. The van der Waals surface area contributed by atoms with E-state index in [0.29, 0.717) is 0 Å². The molecule has 0 aliphatic carbocycles. The Bertz CT molecular complexity index is 495. The number of esters is 2. The quantitative estimate of drug-likeness (QED) is 0.450. The smallest absolute Gasteiger partial charge is 0.461 e. The van der Waals surface area contributed by atoms with Crippen LogP contribution in [0.5, 0.6) is 0 Å². The molecule has 2 atom stereocenters. The Balaban J connectivity index is 4.87. The Morgan fingerprint density at radius 2 is 1.52 bits per heavy atom. The third-order valence-corrected chi connectivity index (χ3v) is 3.68. The molecule has 0 bridgehead atoms. The van der Waals surface area contributed by atoms with E-state index >= 15 is 0 Å². The molecule has 0 heterocycles. The second kappa shape index (κ2) is 9.64. The summed E-state index contributed by atoms with van der Waals surface area (Å²) in [7, 11) is -4.34. The van der Waals surface area contributed by atoms with Crippen LogP contribution in [0.3, 0.4) is 0 Å². The zero-order chi connectivity index (χ0) is 19.9. The fourth-order valence-electron chi connectivity index (χ4n) is 1.21. The topological polar surface area (TPSA) is 134 Å². The molecule has 9 nitrogen and oxygen atoms in total. The van der Waals surface area contributed by atoms with Gasteiger partial charge >= 0.3 is 19.8 Å². The van der Waals surface area contributed by atoms with Crippen molar-refractivity contribution in [1.82, 2.24) is 0 Å². The lowest BCUT2D eigenvalue weighted by Gasteiger charge is -2.25. The average Bonchev–Trinajstić information content (AvgIpc) is 2.45. The molecule has 0 amide bonds. The number of phosphoric ester groups is 1. The van der Waals surface area contributed by atoms with Crippen molar-refractivity contribution in [2.45, 2.75) is 47.6 Å². The van der Waals surface area contributed by atoms with Crippen molar-refractivity contribution in [1.29, 1.82) is 0 Å². The first-order valence-corrected chi connectivity index (χ1v) is 9.39. The summed E-state index contributed by atoms with van der Waals surface area (Å²) in [5.74, 6) is -1.07. The Hall–Kier alpha value is -0.990. The lowest BCUT2D eigenvalue weighted by atomic mass is 9.97. The molecule has 0 radical (unpaired) electrons. The van der Waals surface area contributed by atoms with Gasteiger partial charge in [-0.05, 0) is 41.5 Å². The van der Waals surface area contributed by atoms with Gasteiger partial charge in [0.1, 0.15) is 6.61 Å². The van der Waals surface area contributed by atoms with E-state index in [4.69, 9.17) is 19.7 Å². The molecule has 0 aromatic rings.